The van der Waals surface area contributed by atoms with Gasteiger partial charge in [-0.2, -0.15) is 0 Å². The lowest BCUT2D eigenvalue weighted by molar-refractivity contribution is 0.174. The van der Waals surface area contributed by atoms with Crippen molar-refractivity contribution in [1.29, 1.82) is 0 Å². The molecule has 2 unspecified atom stereocenters. The van der Waals surface area contributed by atoms with Crippen molar-refractivity contribution in [3.05, 3.63) is 24.0 Å². The molecule has 0 aliphatic carbocycles. The lowest BCUT2D eigenvalue weighted by Gasteiger charge is -2.35. The molecule has 0 radical (unpaired) electrons. The van der Waals surface area contributed by atoms with E-state index in [1.807, 2.05) is 0 Å². The molecule has 0 bridgehead atoms. The van der Waals surface area contributed by atoms with Crippen LogP contribution in [-0.4, -0.2) is 35.6 Å². The number of hydrogen-bond donors (Lipinski definition) is 1. The molecular weight excluding hydrogens is 210 g/mol. The molecule has 0 saturated carbocycles. The summed E-state index contributed by atoms with van der Waals surface area (Å²) < 4.78 is 2.31. The maximum atomic E-state index is 3.72. The summed E-state index contributed by atoms with van der Waals surface area (Å²) in [6, 6.07) is 5.03. The van der Waals surface area contributed by atoms with Crippen LogP contribution in [0, 0.1) is 5.92 Å². The molecule has 3 nitrogen and oxygen atoms in total. The zero-order valence-corrected chi connectivity index (χ0v) is 11.3. The molecule has 1 saturated heterocycles. The Bertz CT molecular complexity index is 345. The Morgan fingerprint density at radius 2 is 2.29 bits per heavy atom. The summed E-state index contributed by atoms with van der Waals surface area (Å²) in [6.45, 7) is 9.05. The summed E-state index contributed by atoms with van der Waals surface area (Å²) in [7, 11) is 2.22. The highest BCUT2D eigenvalue weighted by Crippen LogP contribution is 2.16. The standard InChI is InChI=1S/C14H25N3/c1-4-17-8-5-6-13(17)10-15-14-7-9-16(3)11-12(14)2/h5-6,8,12,14-15H,4,7,9-11H2,1-3H3. The molecule has 1 fully saturated rings. The molecule has 0 amide bonds. The zero-order chi connectivity index (χ0) is 12.3. The average molecular weight is 235 g/mol. The van der Waals surface area contributed by atoms with Gasteiger partial charge in [-0.25, -0.2) is 0 Å². The van der Waals surface area contributed by atoms with Crippen molar-refractivity contribution in [2.24, 2.45) is 5.92 Å². The van der Waals surface area contributed by atoms with Crippen molar-refractivity contribution in [2.45, 2.75) is 39.4 Å². The third-order valence-electron chi connectivity index (χ3n) is 3.92. The van der Waals surface area contributed by atoms with Crippen LogP contribution >= 0.6 is 0 Å². The molecule has 17 heavy (non-hydrogen) atoms. The molecule has 1 N–H and O–H groups in total. The van der Waals surface area contributed by atoms with E-state index in [4.69, 9.17) is 0 Å². The third-order valence-corrected chi connectivity index (χ3v) is 3.92. The van der Waals surface area contributed by atoms with Crippen LogP contribution in [0.1, 0.15) is 26.0 Å². The van der Waals surface area contributed by atoms with Crippen LogP contribution in [0.25, 0.3) is 0 Å². The Hall–Kier alpha value is -0.800. The van der Waals surface area contributed by atoms with Gasteiger partial charge in [0.05, 0.1) is 0 Å². The molecule has 96 valence electrons. The second-order valence-corrected chi connectivity index (χ2v) is 5.30. The molecule has 0 aromatic carbocycles. The first-order chi connectivity index (χ1) is 8.20. The van der Waals surface area contributed by atoms with Gasteiger partial charge in [-0.1, -0.05) is 6.92 Å². The molecule has 3 heteroatoms. The highest BCUT2D eigenvalue weighted by atomic mass is 15.1. The van der Waals surface area contributed by atoms with Crippen LogP contribution in [0.3, 0.4) is 0 Å². The number of nitrogens with one attached hydrogen (secondary N) is 1. The van der Waals surface area contributed by atoms with E-state index in [0.29, 0.717) is 6.04 Å². The Morgan fingerprint density at radius 3 is 3.00 bits per heavy atom. The summed E-state index contributed by atoms with van der Waals surface area (Å²) in [5.74, 6) is 0.749. The van der Waals surface area contributed by atoms with Gasteiger partial charge in [-0.15, -0.1) is 0 Å². The van der Waals surface area contributed by atoms with Gasteiger partial charge in [0.25, 0.3) is 0 Å². The molecule has 1 aromatic rings. The predicted molar refractivity (Wildman–Crippen MR) is 72.0 cm³/mol. The van der Waals surface area contributed by atoms with E-state index in [2.05, 4.69) is 54.0 Å². The van der Waals surface area contributed by atoms with Crippen molar-refractivity contribution in [1.82, 2.24) is 14.8 Å². The maximum Gasteiger partial charge on any atom is 0.0361 e. The lowest BCUT2D eigenvalue weighted by Crippen LogP contribution is -2.46. The summed E-state index contributed by atoms with van der Waals surface area (Å²) in [4.78, 5) is 2.43. The Labute approximate surface area is 105 Å². The Balaban J connectivity index is 1.86. The first kappa shape index (κ1) is 12.7. The van der Waals surface area contributed by atoms with E-state index < -0.39 is 0 Å². The summed E-state index contributed by atoms with van der Waals surface area (Å²) in [6.07, 6.45) is 3.43. The van der Waals surface area contributed by atoms with Gasteiger partial charge in [-0.05, 0) is 45.0 Å². The molecule has 1 aliphatic rings. The first-order valence-corrected chi connectivity index (χ1v) is 6.76. The monoisotopic (exact) mass is 235 g/mol. The number of likely N-dealkylation sites (tertiary alicyclic amines) is 1. The molecule has 2 rings (SSSR count). The normalized spacial score (nSPS) is 26.3. The van der Waals surface area contributed by atoms with E-state index in [9.17, 15) is 0 Å². The minimum absolute atomic E-state index is 0.673. The number of rotatable bonds is 4. The molecule has 2 atom stereocenters. The second-order valence-electron chi connectivity index (χ2n) is 5.30. The number of piperidine rings is 1. The minimum atomic E-state index is 0.673. The number of hydrogen-bond acceptors (Lipinski definition) is 2. The van der Waals surface area contributed by atoms with Gasteiger partial charge in [0.2, 0.25) is 0 Å². The summed E-state index contributed by atoms with van der Waals surface area (Å²) >= 11 is 0. The fourth-order valence-corrected chi connectivity index (χ4v) is 2.81. The largest absolute Gasteiger partial charge is 0.351 e. The van der Waals surface area contributed by atoms with E-state index >= 15 is 0 Å². The first-order valence-electron chi connectivity index (χ1n) is 6.76. The fraction of sp³-hybridized carbons (Fsp3) is 0.714. The van der Waals surface area contributed by atoms with Crippen LogP contribution in [0.15, 0.2) is 18.3 Å². The van der Waals surface area contributed by atoms with Crippen molar-refractivity contribution >= 4 is 0 Å². The van der Waals surface area contributed by atoms with Crippen LogP contribution in [0.2, 0.25) is 0 Å². The SMILES string of the molecule is CCn1cccc1CNC1CCN(C)CC1C. The average Bonchev–Trinajstić information content (AvgIpc) is 2.75. The second kappa shape index (κ2) is 5.69. The van der Waals surface area contributed by atoms with E-state index in [0.717, 1.165) is 19.0 Å². The van der Waals surface area contributed by atoms with Gasteiger partial charge in [0.15, 0.2) is 0 Å². The Kier molecular flexibility index (Phi) is 4.24. The van der Waals surface area contributed by atoms with Gasteiger partial charge < -0.3 is 14.8 Å². The third kappa shape index (κ3) is 3.11. The molecular formula is C14H25N3. The molecule has 1 aromatic heterocycles. The quantitative estimate of drug-likeness (QED) is 0.860. The smallest absolute Gasteiger partial charge is 0.0361 e. The van der Waals surface area contributed by atoms with Crippen molar-refractivity contribution in [3.63, 3.8) is 0 Å². The maximum absolute atomic E-state index is 3.72. The number of aryl methyl sites for hydroxylation is 1. The molecule has 0 spiro atoms. The van der Waals surface area contributed by atoms with Crippen molar-refractivity contribution in [2.75, 3.05) is 20.1 Å². The van der Waals surface area contributed by atoms with E-state index in [-0.39, 0.29) is 0 Å². The topological polar surface area (TPSA) is 20.2 Å². The Morgan fingerprint density at radius 1 is 1.47 bits per heavy atom. The summed E-state index contributed by atoms with van der Waals surface area (Å²) in [5, 5.41) is 3.72. The minimum Gasteiger partial charge on any atom is -0.351 e. The number of aromatic nitrogens is 1. The van der Waals surface area contributed by atoms with Gasteiger partial charge in [-0.3, -0.25) is 0 Å². The van der Waals surface area contributed by atoms with Crippen molar-refractivity contribution < 1.29 is 0 Å². The van der Waals surface area contributed by atoms with Crippen molar-refractivity contribution in [3.8, 4) is 0 Å². The molecule has 1 aliphatic heterocycles. The lowest BCUT2D eigenvalue weighted by atomic mass is 9.94. The highest BCUT2D eigenvalue weighted by molar-refractivity contribution is 5.07. The van der Waals surface area contributed by atoms with Crippen LogP contribution in [-0.2, 0) is 13.1 Å². The van der Waals surface area contributed by atoms with Gasteiger partial charge >= 0.3 is 0 Å². The summed E-state index contributed by atoms with van der Waals surface area (Å²) in [5.41, 5.74) is 1.40. The number of nitrogens with zero attached hydrogens (tertiary/aromatic N) is 2. The van der Waals surface area contributed by atoms with E-state index in [1.54, 1.807) is 0 Å². The van der Waals surface area contributed by atoms with Crippen LogP contribution in [0.4, 0.5) is 0 Å². The van der Waals surface area contributed by atoms with Gasteiger partial charge in [0, 0.05) is 37.6 Å². The van der Waals surface area contributed by atoms with E-state index in [1.165, 1.54) is 25.2 Å². The molecule has 2 heterocycles. The van der Waals surface area contributed by atoms with Gasteiger partial charge in [0.1, 0.15) is 0 Å². The fourth-order valence-electron chi connectivity index (χ4n) is 2.81. The van der Waals surface area contributed by atoms with Crippen LogP contribution < -0.4 is 5.32 Å². The zero-order valence-electron chi connectivity index (χ0n) is 11.3. The van der Waals surface area contributed by atoms with Crippen LogP contribution in [0.5, 0.6) is 0 Å². The highest BCUT2D eigenvalue weighted by Gasteiger charge is 2.23. The predicted octanol–water partition coefficient (Wildman–Crippen LogP) is 1.94.